The number of alkyl halides is 3. The predicted octanol–water partition coefficient (Wildman–Crippen LogP) is 1.38. The van der Waals surface area contributed by atoms with E-state index in [1.54, 1.807) is 9.80 Å². The van der Waals surface area contributed by atoms with Crippen LogP contribution in [0.3, 0.4) is 0 Å². The van der Waals surface area contributed by atoms with Crippen molar-refractivity contribution in [3.63, 3.8) is 0 Å². The number of nitrogens with one attached hydrogen (secondary N) is 3. The van der Waals surface area contributed by atoms with Crippen molar-refractivity contribution in [3.05, 3.63) is 24.3 Å². The highest BCUT2D eigenvalue weighted by molar-refractivity contribution is 6.38. The number of ether oxygens (including phenoxy) is 2. The number of likely N-dealkylation sites (N-methyl/N-ethyl adjacent to an activating group) is 1. The topological polar surface area (TPSA) is 125 Å². The number of amidine groups is 1. The molecular formula is C21H29F3N6O5. The molecular weight excluding hydrogens is 473 g/mol. The Bertz CT molecular complexity index is 906. The fraction of sp³-hybridized carbons (Fsp3) is 0.524. The van der Waals surface area contributed by atoms with Gasteiger partial charge in [-0.1, -0.05) is 0 Å². The molecule has 0 radical (unpaired) electrons. The van der Waals surface area contributed by atoms with Crippen LogP contribution in [0.15, 0.2) is 29.3 Å². The quantitative estimate of drug-likeness (QED) is 0.420. The number of amides is 4. The number of aliphatic imine (C=N–C) groups is 1. The Morgan fingerprint density at radius 3 is 2.40 bits per heavy atom. The molecule has 1 aromatic rings. The first-order valence-corrected chi connectivity index (χ1v) is 10.9. The molecule has 0 saturated carbocycles. The van der Waals surface area contributed by atoms with Gasteiger partial charge in [-0.3, -0.25) is 9.59 Å². The lowest BCUT2D eigenvalue weighted by Gasteiger charge is -2.21. The van der Waals surface area contributed by atoms with Crippen LogP contribution in [0.4, 0.5) is 23.7 Å². The zero-order valence-corrected chi connectivity index (χ0v) is 19.6. The van der Waals surface area contributed by atoms with E-state index < -0.39 is 30.2 Å². The van der Waals surface area contributed by atoms with E-state index in [4.69, 9.17) is 4.74 Å². The van der Waals surface area contributed by atoms with Gasteiger partial charge in [0.2, 0.25) is 5.91 Å². The lowest BCUT2D eigenvalue weighted by atomic mass is 10.3. The van der Waals surface area contributed by atoms with Crippen molar-refractivity contribution in [3.8, 4) is 5.75 Å². The van der Waals surface area contributed by atoms with Gasteiger partial charge in [-0.15, -0.1) is 13.2 Å². The molecule has 1 aliphatic rings. The normalized spacial score (nSPS) is 15.3. The summed E-state index contributed by atoms with van der Waals surface area (Å²) in [6.07, 6.45) is -5.59. The van der Waals surface area contributed by atoms with E-state index in [1.165, 1.54) is 19.2 Å². The zero-order valence-electron chi connectivity index (χ0n) is 19.6. The molecule has 1 unspecified atom stereocenters. The van der Waals surface area contributed by atoms with Gasteiger partial charge in [0.15, 0.2) is 5.84 Å². The highest BCUT2D eigenvalue weighted by Gasteiger charge is 2.32. The van der Waals surface area contributed by atoms with Gasteiger partial charge in [-0.2, -0.15) is 0 Å². The van der Waals surface area contributed by atoms with Crippen LogP contribution >= 0.6 is 0 Å². The smallest absolute Gasteiger partial charge is 0.406 e. The predicted molar refractivity (Wildman–Crippen MR) is 121 cm³/mol. The van der Waals surface area contributed by atoms with Gasteiger partial charge >= 0.3 is 12.4 Å². The lowest BCUT2D eigenvalue weighted by Crippen LogP contribution is -2.46. The second-order valence-corrected chi connectivity index (χ2v) is 7.33. The van der Waals surface area contributed by atoms with E-state index in [2.05, 4.69) is 25.7 Å². The van der Waals surface area contributed by atoms with E-state index in [-0.39, 0.29) is 30.5 Å². The zero-order chi connectivity index (χ0) is 26.0. The monoisotopic (exact) mass is 502 g/mol. The van der Waals surface area contributed by atoms with Crippen LogP contribution in [-0.2, 0) is 14.3 Å². The van der Waals surface area contributed by atoms with Crippen molar-refractivity contribution < 1.29 is 37.0 Å². The minimum Gasteiger partial charge on any atom is -0.406 e. The van der Waals surface area contributed by atoms with Gasteiger partial charge in [-0.05, 0) is 38.1 Å². The third-order valence-corrected chi connectivity index (χ3v) is 4.90. The Kier molecular flexibility index (Phi) is 10.1. The largest absolute Gasteiger partial charge is 0.573 e. The first kappa shape index (κ1) is 27.7. The van der Waals surface area contributed by atoms with E-state index in [0.29, 0.717) is 26.2 Å². The Balaban J connectivity index is 1.97. The van der Waals surface area contributed by atoms with Crippen molar-refractivity contribution in [2.45, 2.75) is 26.4 Å². The molecule has 1 aliphatic heterocycles. The average Bonchev–Trinajstić information content (AvgIpc) is 3.19. The van der Waals surface area contributed by atoms with E-state index in [1.807, 2.05) is 13.8 Å². The van der Waals surface area contributed by atoms with Crippen LogP contribution in [0.5, 0.6) is 5.75 Å². The highest BCUT2D eigenvalue weighted by Crippen LogP contribution is 2.24. The number of rotatable bonds is 11. The lowest BCUT2D eigenvalue weighted by molar-refractivity contribution is -0.274. The number of benzene rings is 1. The summed E-state index contributed by atoms with van der Waals surface area (Å²) in [5.74, 6) is -1.17. The van der Waals surface area contributed by atoms with Gasteiger partial charge in [-0.25, -0.2) is 9.79 Å². The van der Waals surface area contributed by atoms with Crippen LogP contribution in [0.25, 0.3) is 0 Å². The number of anilines is 1. The van der Waals surface area contributed by atoms with Crippen molar-refractivity contribution in [1.82, 2.24) is 20.4 Å². The molecule has 11 nitrogen and oxygen atoms in total. The molecule has 2 rings (SSSR count). The fourth-order valence-corrected chi connectivity index (χ4v) is 3.23. The van der Waals surface area contributed by atoms with Crippen molar-refractivity contribution in [2.24, 2.45) is 4.99 Å². The molecule has 14 heteroatoms. The molecule has 3 N–H and O–H groups in total. The van der Waals surface area contributed by atoms with Crippen LogP contribution in [0, 0.1) is 0 Å². The molecule has 1 heterocycles. The van der Waals surface area contributed by atoms with Crippen LogP contribution in [0.1, 0.15) is 13.8 Å². The number of methoxy groups -OCH3 is 1. The molecule has 0 saturated heterocycles. The van der Waals surface area contributed by atoms with Crippen LogP contribution in [-0.4, -0.2) is 92.4 Å². The molecule has 4 amide bonds. The van der Waals surface area contributed by atoms with E-state index in [0.717, 1.165) is 12.1 Å². The summed E-state index contributed by atoms with van der Waals surface area (Å²) in [4.78, 5) is 44.6. The number of hydrogen-bond acceptors (Lipinski definition) is 7. The number of urea groups is 1. The Morgan fingerprint density at radius 1 is 1.17 bits per heavy atom. The number of halogens is 3. The standard InChI is InChI=1S/C21H29F3N6O5/c1-4-29(5-2)17(31)12-25-19(32)18-27-16(13-30(18)10-11-34-3)28-20(33)26-14-6-8-15(9-7-14)35-21(22,23)24/h6-9,16H,4-5,10-13H2,1-3H3,(H,25,32)(H2,26,28,33). The molecule has 194 valence electrons. The first-order valence-electron chi connectivity index (χ1n) is 10.9. The summed E-state index contributed by atoms with van der Waals surface area (Å²) >= 11 is 0. The Labute approximate surface area is 200 Å². The number of nitrogens with zero attached hydrogens (tertiary/aromatic N) is 3. The van der Waals surface area contributed by atoms with Crippen molar-refractivity contribution >= 4 is 29.4 Å². The second kappa shape index (κ2) is 12.8. The maximum absolute atomic E-state index is 12.7. The average molecular weight is 502 g/mol. The van der Waals surface area contributed by atoms with Gasteiger partial charge in [0, 0.05) is 32.4 Å². The second-order valence-electron chi connectivity index (χ2n) is 7.33. The Morgan fingerprint density at radius 2 is 1.83 bits per heavy atom. The van der Waals surface area contributed by atoms with Gasteiger partial charge in [0.25, 0.3) is 5.91 Å². The summed E-state index contributed by atoms with van der Waals surface area (Å²) in [6, 6.07) is 3.94. The van der Waals surface area contributed by atoms with E-state index >= 15 is 0 Å². The fourth-order valence-electron chi connectivity index (χ4n) is 3.23. The third kappa shape index (κ3) is 8.96. The summed E-state index contributed by atoms with van der Waals surface area (Å²) in [5.41, 5.74) is 0.225. The summed E-state index contributed by atoms with van der Waals surface area (Å²) in [6.45, 7) is 5.33. The van der Waals surface area contributed by atoms with Gasteiger partial charge in [0.1, 0.15) is 11.9 Å². The number of carbonyl (C=O) groups is 3. The molecule has 0 aliphatic carbocycles. The number of carbonyl (C=O) groups excluding carboxylic acids is 3. The molecule has 0 bridgehead atoms. The third-order valence-electron chi connectivity index (χ3n) is 4.90. The van der Waals surface area contributed by atoms with Gasteiger partial charge in [0.05, 0.1) is 19.7 Å². The summed E-state index contributed by atoms with van der Waals surface area (Å²) in [7, 11) is 1.50. The number of hydrogen-bond donors (Lipinski definition) is 3. The molecule has 0 aromatic heterocycles. The van der Waals surface area contributed by atoms with E-state index in [9.17, 15) is 27.6 Å². The maximum atomic E-state index is 12.7. The SMILES string of the molecule is CCN(CC)C(=O)CNC(=O)C1=NC(NC(=O)Nc2ccc(OC(F)(F)F)cc2)CN1CCOC. The van der Waals surface area contributed by atoms with Crippen molar-refractivity contribution in [2.75, 3.05) is 51.8 Å². The molecule has 35 heavy (non-hydrogen) atoms. The first-order chi connectivity index (χ1) is 16.6. The van der Waals surface area contributed by atoms with Gasteiger partial charge < -0.3 is 35.2 Å². The van der Waals surface area contributed by atoms with Crippen LogP contribution in [0.2, 0.25) is 0 Å². The molecule has 1 aromatic carbocycles. The molecule has 1 atom stereocenters. The molecule has 0 fully saturated rings. The minimum absolute atomic E-state index is 0.0494. The van der Waals surface area contributed by atoms with Crippen molar-refractivity contribution in [1.29, 1.82) is 0 Å². The summed E-state index contributed by atoms with van der Waals surface area (Å²) in [5, 5.41) is 7.61. The van der Waals surface area contributed by atoms with Crippen LogP contribution < -0.4 is 20.7 Å². The summed E-state index contributed by atoms with van der Waals surface area (Å²) < 4.78 is 45.6. The highest BCUT2D eigenvalue weighted by atomic mass is 19.4. The Hall–Kier alpha value is -3.55. The maximum Gasteiger partial charge on any atom is 0.573 e. The molecule has 0 spiro atoms. The minimum atomic E-state index is -4.82.